The van der Waals surface area contributed by atoms with Crippen LogP contribution in [-0.4, -0.2) is 9.78 Å². The molecular weight excluding hydrogens is 310 g/mol. The van der Waals surface area contributed by atoms with E-state index in [0.29, 0.717) is 22.5 Å². The number of anilines is 1. The third-order valence-electron chi connectivity index (χ3n) is 3.02. The minimum absolute atomic E-state index is 0.0801. The van der Waals surface area contributed by atoms with Crippen molar-refractivity contribution in [2.24, 2.45) is 7.05 Å². The molecule has 0 fully saturated rings. The van der Waals surface area contributed by atoms with Crippen molar-refractivity contribution >= 4 is 17.3 Å². The SMILES string of the molecule is Cc1nn(C)c(Cl)c1CNc1cc(C(F)(F)F)ccc1F. The van der Waals surface area contributed by atoms with Gasteiger partial charge in [-0.3, -0.25) is 4.68 Å². The van der Waals surface area contributed by atoms with Gasteiger partial charge >= 0.3 is 6.18 Å². The molecule has 0 saturated carbocycles. The van der Waals surface area contributed by atoms with Gasteiger partial charge in [-0.05, 0) is 25.1 Å². The summed E-state index contributed by atoms with van der Waals surface area (Å²) >= 11 is 6.01. The molecule has 0 saturated heterocycles. The van der Waals surface area contributed by atoms with Crippen LogP contribution in [0.3, 0.4) is 0 Å². The Balaban J connectivity index is 2.24. The van der Waals surface area contributed by atoms with Crippen LogP contribution in [0.2, 0.25) is 5.15 Å². The average molecular weight is 322 g/mol. The Kier molecular flexibility index (Phi) is 4.13. The Morgan fingerprint density at radius 3 is 2.52 bits per heavy atom. The Bertz CT molecular complexity index is 664. The fourth-order valence-electron chi connectivity index (χ4n) is 1.90. The lowest BCUT2D eigenvalue weighted by Gasteiger charge is -2.11. The van der Waals surface area contributed by atoms with Gasteiger partial charge in [-0.25, -0.2) is 4.39 Å². The van der Waals surface area contributed by atoms with Crippen LogP contribution >= 0.6 is 11.6 Å². The van der Waals surface area contributed by atoms with E-state index in [1.807, 2.05) is 0 Å². The van der Waals surface area contributed by atoms with E-state index in [9.17, 15) is 17.6 Å². The number of halogens is 5. The minimum Gasteiger partial charge on any atom is -0.378 e. The van der Waals surface area contributed by atoms with E-state index < -0.39 is 17.6 Å². The molecule has 1 aromatic heterocycles. The van der Waals surface area contributed by atoms with Crippen molar-refractivity contribution in [3.63, 3.8) is 0 Å². The highest BCUT2D eigenvalue weighted by atomic mass is 35.5. The molecule has 0 atom stereocenters. The van der Waals surface area contributed by atoms with Gasteiger partial charge < -0.3 is 5.32 Å². The number of hydrogen-bond donors (Lipinski definition) is 1. The molecule has 0 spiro atoms. The van der Waals surface area contributed by atoms with E-state index in [2.05, 4.69) is 10.4 Å². The number of hydrogen-bond acceptors (Lipinski definition) is 2. The van der Waals surface area contributed by atoms with E-state index in [0.717, 1.165) is 12.1 Å². The fourth-order valence-corrected chi connectivity index (χ4v) is 2.14. The van der Waals surface area contributed by atoms with Crippen LogP contribution in [0.1, 0.15) is 16.8 Å². The highest BCUT2D eigenvalue weighted by Gasteiger charge is 2.31. The zero-order chi connectivity index (χ0) is 15.8. The predicted molar refractivity (Wildman–Crippen MR) is 71.7 cm³/mol. The first-order chi connectivity index (χ1) is 9.70. The molecule has 2 aromatic rings. The highest BCUT2D eigenvalue weighted by Crippen LogP contribution is 2.32. The van der Waals surface area contributed by atoms with Crippen molar-refractivity contribution in [1.29, 1.82) is 0 Å². The van der Waals surface area contributed by atoms with Gasteiger partial charge in [0.25, 0.3) is 0 Å². The maximum Gasteiger partial charge on any atom is 0.416 e. The van der Waals surface area contributed by atoms with Gasteiger partial charge in [-0.15, -0.1) is 0 Å². The summed E-state index contributed by atoms with van der Waals surface area (Å²) in [4.78, 5) is 0. The monoisotopic (exact) mass is 321 g/mol. The predicted octanol–water partition coefficient (Wildman–Crippen LogP) is 4.15. The molecule has 114 valence electrons. The molecule has 0 aliphatic heterocycles. The van der Waals surface area contributed by atoms with E-state index in [1.165, 1.54) is 4.68 Å². The van der Waals surface area contributed by atoms with Crippen LogP contribution in [0.5, 0.6) is 0 Å². The van der Waals surface area contributed by atoms with Crippen LogP contribution in [-0.2, 0) is 19.8 Å². The van der Waals surface area contributed by atoms with Gasteiger partial charge in [0.1, 0.15) is 11.0 Å². The van der Waals surface area contributed by atoms with E-state index in [1.54, 1.807) is 14.0 Å². The Morgan fingerprint density at radius 1 is 1.33 bits per heavy atom. The highest BCUT2D eigenvalue weighted by molar-refractivity contribution is 6.30. The number of aryl methyl sites for hydroxylation is 2. The summed E-state index contributed by atoms with van der Waals surface area (Å²) in [6.45, 7) is 1.79. The summed E-state index contributed by atoms with van der Waals surface area (Å²) < 4.78 is 52.9. The second-order valence-corrected chi connectivity index (χ2v) is 4.88. The number of benzene rings is 1. The van der Waals surface area contributed by atoms with Gasteiger partial charge in [0.2, 0.25) is 0 Å². The molecule has 0 unspecified atom stereocenters. The van der Waals surface area contributed by atoms with Gasteiger partial charge in [0.05, 0.1) is 16.9 Å². The van der Waals surface area contributed by atoms with Crippen LogP contribution in [0.15, 0.2) is 18.2 Å². The second kappa shape index (κ2) is 5.55. The van der Waals surface area contributed by atoms with E-state index >= 15 is 0 Å². The van der Waals surface area contributed by atoms with Crippen molar-refractivity contribution in [2.75, 3.05) is 5.32 Å². The smallest absolute Gasteiger partial charge is 0.378 e. The summed E-state index contributed by atoms with van der Waals surface area (Å²) in [5.74, 6) is -0.763. The molecule has 0 radical (unpaired) electrons. The molecule has 21 heavy (non-hydrogen) atoms. The van der Waals surface area contributed by atoms with Crippen LogP contribution in [0, 0.1) is 12.7 Å². The number of nitrogens with one attached hydrogen (secondary N) is 1. The standard InChI is InChI=1S/C13H12ClF4N3/c1-7-9(12(14)21(2)20-7)6-19-11-5-8(13(16,17)18)3-4-10(11)15/h3-5,19H,6H2,1-2H3. The van der Waals surface area contributed by atoms with Crippen LogP contribution < -0.4 is 5.32 Å². The second-order valence-electron chi connectivity index (χ2n) is 4.52. The summed E-state index contributed by atoms with van der Waals surface area (Å²) in [6, 6.07) is 2.21. The third-order valence-corrected chi connectivity index (χ3v) is 3.49. The Labute approximate surface area is 123 Å². The molecule has 8 heteroatoms. The first kappa shape index (κ1) is 15.6. The third kappa shape index (κ3) is 3.29. The first-order valence-corrected chi connectivity index (χ1v) is 6.36. The lowest BCUT2D eigenvalue weighted by molar-refractivity contribution is -0.137. The Hall–Kier alpha value is -1.76. The van der Waals surface area contributed by atoms with Crippen LogP contribution in [0.4, 0.5) is 23.2 Å². The van der Waals surface area contributed by atoms with Crippen molar-refractivity contribution in [3.8, 4) is 0 Å². The summed E-state index contributed by atoms with van der Waals surface area (Å²) in [5, 5.41) is 7.05. The molecule has 0 aliphatic rings. The molecule has 1 heterocycles. The maximum atomic E-state index is 13.6. The van der Waals surface area contributed by atoms with Gasteiger partial charge in [-0.1, -0.05) is 11.6 Å². The molecule has 1 aromatic carbocycles. The van der Waals surface area contributed by atoms with E-state index in [-0.39, 0.29) is 12.2 Å². The molecule has 0 amide bonds. The zero-order valence-corrected chi connectivity index (χ0v) is 12.0. The number of rotatable bonds is 3. The largest absolute Gasteiger partial charge is 0.416 e. The maximum absolute atomic E-state index is 13.6. The lowest BCUT2D eigenvalue weighted by Crippen LogP contribution is -2.08. The van der Waals surface area contributed by atoms with Crippen LogP contribution in [0.25, 0.3) is 0 Å². The molecule has 0 aliphatic carbocycles. The number of nitrogens with zero attached hydrogens (tertiary/aromatic N) is 2. The quantitative estimate of drug-likeness (QED) is 0.861. The average Bonchev–Trinajstić information content (AvgIpc) is 2.62. The first-order valence-electron chi connectivity index (χ1n) is 5.98. The van der Waals surface area contributed by atoms with Crippen molar-refractivity contribution in [3.05, 3.63) is 46.0 Å². The summed E-state index contributed by atoms with van der Waals surface area (Å²) in [7, 11) is 1.64. The molecular formula is C13H12ClF4N3. The molecule has 1 N–H and O–H groups in total. The van der Waals surface area contributed by atoms with Crippen molar-refractivity contribution < 1.29 is 17.6 Å². The molecule has 0 bridgehead atoms. The summed E-state index contributed by atoms with van der Waals surface area (Å²) in [5.41, 5.74) is 0.0860. The normalized spacial score (nSPS) is 11.8. The Morgan fingerprint density at radius 2 is 2.00 bits per heavy atom. The van der Waals surface area contributed by atoms with Crippen molar-refractivity contribution in [1.82, 2.24) is 9.78 Å². The number of alkyl halides is 3. The topological polar surface area (TPSA) is 29.9 Å². The van der Waals surface area contributed by atoms with Crippen molar-refractivity contribution in [2.45, 2.75) is 19.6 Å². The molecule has 3 nitrogen and oxygen atoms in total. The van der Waals surface area contributed by atoms with Gasteiger partial charge in [-0.2, -0.15) is 18.3 Å². The fraction of sp³-hybridized carbons (Fsp3) is 0.308. The number of aromatic nitrogens is 2. The minimum atomic E-state index is -4.52. The van der Waals surface area contributed by atoms with Gasteiger partial charge in [0.15, 0.2) is 0 Å². The lowest BCUT2D eigenvalue weighted by atomic mass is 10.1. The molecule has 2 rings (SSSR count). The zero-order valence-electron chi connectivity index (χ0n) is 11.2. The van der Waals surface area contributed by atoms with E-state index in [4.69, 9.17) is 11.6 Å². The van der Waals surface area contributed by atoms with Gasteiger partial charge in [0, 0.05) is 19.2 Å². The summed E-state index contributed by atoms with van der Waals surface area (Å²) in [6.07, 6.45) is -4.52.